The molecule has 0 radical (unpaired) electrons. The van der Waals surface area contributed by atoms with Crippen LogP contribution in [0.1, 0.15) is 53.4 Å². The van der Waals surface area contributed by atoms with Crippen LogP contribution in [0.4, 0.5) is 26.7 Å². The summed E-state index contributed by atoms with van der Waals surface area (Å²) in [5.41, 5.74) is 0.617. The zero-order valence-electron chi connectivity index (χ0n) is 17.2. The highest BCUT2D eigenvalue weighted by molar-refractivity contribution is 5.88. The highest BCUT2D eigenvalue weighted by atomic mass is 19.4. The van der Waals surface area contributed by atoms with Gasteiger partial charge in [-0.25, -0.2) is 18.4 Å². The van der Waals surface area contributed by atoms with Gasteiger partial charge in [0.2, 0.25) is 5.92 Å². The molecule has 2 aliphatic rings. The largest absolute Gasteiger partial charge is 0.444 e. The van der Waals surface area contributed by atoms with Gasteiger partial charge in [0.1, 0.15) is 11.0 Å². The molecule has 30 heavy (non-hydrogen) atoms. The lowest BCUT2D eigenvalue weighted by Gasteiger charge is -2.42. The summed E-state index contributed by atoms with van der Waals surface area (Å²) < 4.78 is 72.8. The van der Waals surface area contributed by atoms with E-state index in [1.165, 1.54) is 6.92 Å². The predicted octanol–water partition coefficient (Wildman–Crippen LogP) is 3.82. The average molecular weight is 443 g/mol. The summed E-state index contributed by atoms with van der Waals surface area (Å²) in [4.78, 5) is 29.7. The van der Waals surface area contributed by atoms with E-state index in [4.69, 9.17) is 10.5 Å². The number of nitrogens with zero attached hydrogens (tertiary/aromatic N) is 2. The standard InChI is InChI=1S/C18H26F5N3O4/c1-14(2,3)29-13(28)26-7-5-16(6-8-26,18(21,22)23)11(24)25-30-12(27)15(4)9-17(19,20)10-15/h5-10H2,1-4H3,(H2,24,25). The number of amides is 1. The highest BCUT2D eigenvalue weighted by Gasteiger charge is 2.61. The molecule has 2 rings (SSSR count). The van der Waals surface area contributed by atoms with Crippen LogP contribution in [0.5, 0.6) is 0 Å². The van der Waals surface area contributed by atoms with Gasteiger partial charge in [-0.05, 0) is 40.5 Å². The Labute approximate surface area is 170 Å². The fourth-order valence-corrected chi connectivity index (χ4v) is 3.60. The average Bonchev–Trinajstić information content (AvgIpc) is 2.54. The molecule has 2 fully saturated rings. The van der Waals surface area contributed by atoms with Crippen molar-refractivity contribution in [2.45, 2.75) is 71.1 Å². The quantitative estimate of drug-likeness (QED) is 0.235. The summed E-state index contributed by atoms with van der Waals surface area (Å²) in [6.45, 7) is 5.51. The monoisotopic (exact) mass is 443 g/mol. The second kappa shape index (κ2) is 7.52. The van der Waals surface area contributed by atoms with Gasteiger partial charge in [-0.3, -0.25) is 0 Å². The molecule has 0 bridgehead atoms. The molecule has 1 saturated carbocycles. The van der Waals surface area contributed by atoms with Crippen LogP contribution < -0.4 is 5.73 Å². The lowest BCUT2D eigenvalue weighted by atomic mass is 9.67. The number of halogens is 5. The van der Waals surface area contributed by atoms with Crippen molar-refractivity contribution in [1.29, 1.82) is 0 Å². The number of piperidine rings is 1. The molecule has 0 aromatic heterocycles. The molecule has 0 aromatic carbocycles. The fourth-order valence-electron chi connectivity index (χ4n) is 3.60. The third-order valence-corrected chi connectivity index (χ3v) is 5.32. The van der Waals surface area contributed by atoms with E-state index in [0.717, 1.165) is 4.90 Å². The number of carbonyl (C=O) groups excluding carboxylic acids is 2. The van der Waals surface area contributed by atoms with Crippen molar-refractivity contribution < 1.29 is 41.1 Å². The molecule has 7 nitrogen and oxygen atoms in total. The van der Waals surface area contributed by atoms with E-state index >= 15 is 0 Å². The van der Waals surface area contributed by atoms with Crippen LogP contribution in [0.3, 0.4) is 0 Å². The molecule has 0 spiro atoms. The highest BCUT2D eigenvalue weighted by Crippen LogP contribution is 2.52. The summed E-state index contributed by atoms with van der Waals surface area (Å²) in [6, 6.07) is 0. The van der Waals surface area contributed by atoms with Crippen LogP contribution in [0.25, 0.3) is 0 Å². The summed E-state index contributed by atoms with van der Waals surface area (Å²) >= 11 is 0. The topological polar surface area (TPSA) is 94.2 Å². The lowest BCUT2D eigenvalue weighted by molar-refractivity contribution is -0.211. The molecule has 12 heteroatoms. The van der Waals surface area contributed by atoms with Gasteiger partial charge in [-0.1, -0.05) is 5.16 Å². The van der Waals surface area contributed by atoms with Crippen molar-refractivity contribution in [1.82, 2.24) is 4.90 Å². The van der Waals surface area contributed by atoms with Gasteiger partial charge < -0.3 is 20.2 Å². The third kappa shape index (κ3) is 4.94. The van der Waals surface area contributed by atoms with Crippen molar-refractivity contribution in [3.63, 3.8) is 0 Å². The number of hydrogen-bond acceptors (Lipinski definition) is 5. The molecule has 1 aliphatic heterocycles. The Morgan fingerprint density at radius 2 is 1.57 bits per heavy atom. The van der Waals surface area contributed by atoms with Crippen molar-refractivity contribution in [3.05, 3.63) is 0 Å². The van der Waals surface area contributed by atoms with E-state index in [0.29, 0.717) is 0 Å². The first kappa shape index (κ1) is 24.1. The maximum atomic E-state index is 13.8. The maximum absolute atomic E-state index is 13.8. The van der Waals surface area contributed by atoms with Gasteiger partial charge in [0.25, 0.3) is 0 Å². The first-order valence-electron chi connectivity index (χ1n) is 9.39. The van der Waals surface area contributed by atoms with Gasteiger partial charge in [-0.2, -0.15) is 13.2 Å². The predicted molar refractivity (Wildman–Crippen MR) is 95.5 cm³/mol. The minimum absolute atomic E-state index is 0.303. The van der Waals surface area contributed by atoms with Gasteiger partial charge in [-0.15, -0.1) is 0 Å². The number of oxime groups is 1. The Balaban J connectivity index is 2.10. The van der Waals surface area contributed by atoms with Crippen LogP contribution in [0.2, 0.25) is 0 Å². The Bertz CT molecular complexity index is 714. The Kier molecular flexibility index (Phi) is 6.05. The molecule has 0 aromatic rings. The lowest BCUT2D eigenvalue weighted by Crippen LogP contribution is -2.56. The van der Waals surface area contributed by atoms with E-state index in [-0.39, 0.29) is 13.1 Å². The molecule has 1 aliphatic carbocycles. The van der Waals surface area contributed by atoms with Crippen molar-refractivity contribution in [3.8, 4) is 0 Å². The van der Waals surface area contributed by atoms with Crippen LogP contribution in [-0.2, 0) is 14.4 Å². The van der Waals surface area contributed by atoms with Gasteiger partial charge in [0.05, 0.1) is 5.41 Å². The maximum Gasteiger partial charge on any atom is 0.410 e. The minimum atomic E-state index is -4.83. The van der Waals surface area contributed by atoms with Gasteiger partial charge >= 0.3 is 18.2 Å². The second-order valence-electron chi connectivity index (χ2n) is 9.17. The molecular formula is C18H26F5N3O4. The van der Waals surface area contributed by atoms with Crippen molar-refractivity contribution in [2.75, 3.05) is 13.1 Å². The molecule has 0 unspecified atom stereocenters. The zero-order chi connectivity index (χ0) is 23.2. The second-order valence-corrected chi connectivity index (χ2v) is 9.17. The number of alkyl halides is 5. The molecule has 1 amide bonds. The summed E-state index contributed by atoms with van der Waals surface area (Å²) in [5, 5.41) is 3.16. The SMILES string of the molecule is CC(C)(C)OC(=O)N1CCC(/C(N)=N/OC(=O)C2(C)CC(F)(F)C2)(C(F)(F)F)CC1. The molecule has 172 valence electrons. The first-order chi connectivity index (χ1) is 13.4. The number of hydrogen-bond donors (Lipinski definition) is 1. The zero-order valence-corrected chi connectivity index (χ0v) is 17.2. The van der Waals surface area contributed by atoms with Crippen molar-refractivity contribution in [2.24, 2.45) is 21.7 Å². The fraction of sp³-hybridized carbons (Fsp3) is 0.833. The van der Waals surface area contributed by atoms with E-state index in [2.05, 4.69) is 9.99 Å². The van der Waals surface area contributed by atoms with E-state index < -0.39 is 72.1 Å². The van der Waals surface area contributed by atoms with Crippen LogP contribution in [0.15, 0.2) is 5.16 Å². The number of carbonyl (C=O) groups is 2. The van der Waals surface area contributed by atoms with Crippen LogP contribution in [-0.4, -0.2) is 53.6 Å². The summed E-state index contributed by atoms with van der Waals surface area (Å²) in [5.74, 6) is -5.17. The molecule has 1 heterocycles. The minimum Gasteiger partial charge on any atom is -0.444 e. The molecule has 2 N–H and O–H groups in total. The number of likely N-dealkylation sites (tertiary alicyclic amines) is 1. The van der Waals surface area contributed by atoms with Gasteiger partial charge in [0.15, 0.2) is 5.84 Å². The Morgan fingerprint density at radius 3 is 1.97 bits per heavy atom. The van der Waals surface area contributed by atoms with Crippen molar-refractivity contribution >= 4 is 17.9 Å². The number of ether oxygens (including phenoxy) is 1. The Hall–Kier alpha value is -2.14. The molecular weight excluding hydrogens is 417 g/mol. The normalized spacial score (nSPS) is 23.4. The van der Waals surface area contributed by atoms with E-state index in [1.807, 2.05) is 0 Å². The summed E-state index contributed by atoms with van der Waals surface area (Å²) in [6.07, 6.45) is -8.36. The first-order valence-corrected chi connectivity index (χ1v) is 9.39. The van der Waals surface area contributed by atoms with E-state index in [9.17, 15) is 31.5 Å². The smallest absolute Gasteiger partial charge is 0.410 e. The van der Waals surface area contributed by atoms with E-state index in [1.54, 1.807) is 20.8 Å². The third-order valence-electron chi connectivity index (χ3n) is 5.32. The molecule has 1 saturated heterocycles. The number of amidine groups is 1. The molecule has 0 atom stereocenters. The Morgan fingerprint density at radius 1 is 1.07 bits per heavy atom. The van der Waals surface area contributed by atoms with Crippen LogP contribution in [0, 0.1) is 10.8 Å². The number of rotatable bonds is 3. The summed E-state index contributed by atoms with van der Waals surface area (Å²) in [7, 11) is 0. The van der Waals surface area contributed by atoms with Gasteiger partial charge in [0, 0.05) is 25.9 Å². The van der Waals surface area contributed by atoms with Crippen LogP contribution >= 0.6 is 0 Å². The number of nitrogens with two attached hydrogens (primary N) is 1.